The Balaban J connectivity index is 0. The van der Waals surface area contributed by atoms with E-state index in [1.165, 1.54) is 0 Å². The molecule has 0 aliphatic heterocycles. The van der Waals surface area contributed by atoms with Gasteiger partial charge in [0.25, 0.3) is 0 Å². The Kier molecular flexibility index (Phi) is 24.2. The molecule has 1 N–H and O–H groups in total. The van der Waals surface area contributed by atoms with Crippen molar-refractivity contribution >= 4 is 6.41 Å². The van der Waals surface area contributed by atoms with Crippen LogP contribution in [0.1, 0.15) is 34.1 Å². The highest BCUT2D eigenvalue weighted by molar-refractivity contribution is 5.45. The van der Waals surface area contributed by atoms with E-state index in [1.54, 1.807) is 0 Å². The van der Waals surface area contributed by atoms with Gasteiger partial charge in [0.1, 0.15) is 0 Å². The van der Waals surface area contributed by atoms with Gasteiger partial charge in [-0.1, -0.05) is 27.7 Å². The molecule has 0 aromatic heterocycles. The molecule has 0 saturated carbocycles. The number of amides is 1. The first kappa shape index (κ1) is 23.6. The summed E-state index contributed by atoms with van der Waals surface area (Å²) in [4.78, 5) is 9.91. The molecule has 0 aliphatic carbocycles. The molecule has 1 amide bonds. The summed E-state index contributed by atoms with van der Waals surface area (Å²) in [6.07, 6.45) is 1.69. The van der Waals surface area contributed by atoms with Crippen LogP contribution in [0.3, 0.4) is 0 Å². The number of nitrogens with one attached hydrogen (secondary N) is 1. The highest BCUT2D eigenvalue weighted by atomic mass is 16.6. The zero-order valence-electron chi connectivity index (χ0n) is 14.8. The Morgan fingerprint density at radius 2 is 1.14 bits per heavy atom. The molecule has 0 unspecified atom stereocenters. The van der Waals surface area contributed by atoms with Gasteiger partial charge in [-0.2, -0.15) is 0 Å². The molecule has 0 aromatic carbocycles. The molecular weight excluding hydrogens is 286 g/mol. The van der Waals surface area contributed by atoms with Crippen LogP contribution in [0.4, 0.5) is 0 Å². The second-order valence-electron chi connectivity index (χ2n) is 5.25. The summed E-state index contributed by atoms with van der Waals surface area (Å²) in [5.74, 6) is 0.833. The van der Waals surface area contributed by atoms with Crippen LogP contribution >= 0.6 is 0 Å². The quantitative estimate of drug-likeness (QED) is 0.368. The number of carbonyl (C=O) groups excluding carboxylic acids is 1. The number of hydrogen-bond acceptors (Lipinski definition) is 5. The number of hydrogen-bond donors (Lipinski definition) is 1. The SMILES string of the molecule is CC(C)C.CCCOCCOCCOCCOCCNC=O. The van der Waals surface area contributed by atoms with Gasteiger partial charge in [-0.3, -0.25) is 4.79 Å². The fourth-order valence-electron chi connectivity index (χ4n) is 1.10. The van der Waals surface area contributed by atoms with Crippen molar-refractivity contribution in [1.82, 2.24) is 5.32 Å². The lowest BCUT2D eigenvalue weighted by molar-refractivity contribution is -0.109. The molecule has 134 valence electrons. The van der Waals surface area contributed by atoms with Crippen LogP contribution in [-0.2, 0) is 23.7 Å². The van der Waals surface area contributed by atoms with Crippen molar-refractivity contribution in [3.63, 3.8) is 0 Å². The molecule has 0 heterocycles. The zero-order chi connectivity index (χ0) is 16.9. The van der Waals surface area contributed by atoms with Gasteiger partial charge in [-0.15, -0.1) is 0 Å². The van der Waals surface area contributed by atoms with E-state index < -0.39 is 0 Å². The molecular formula is C16H35NO5. The lowest BCUT2D eigenvalue weighted by Gasteiger charge is -2.07. The molecule has 0 radical (unpaired) electrons. The second kappa shape index (κ2) is 22.6. The topological polar surface area (TPSA) is 66.0 Å². The van der Waals surface area contributed by atoms with E-state index in [0.29, 0.717) is 59.2 Å². The summed E-state index contributed by atoms with van der Waals surface area (Å²) in [6, 6.07) is 0. The monoisotopic (exact) mass is 321 g/mol. The summed E-state index contributed by atoms with van der Waals surface area (Å²) in [5.41, 5.74) is 0. The zero-order valence-corrected chi connectivity index (χ0v) is 14.8. The van der Waals surface area contributed by atoms with Crippen LogP contribution in [0.2, 0.25) is 0 Å². The Bertz CT molecular complexity index is 200. The predicted octanol–water partition coefficient (Wildman–Crippen LogP) is 1.87. The van der Waals surface area contributed by atoms with Crippen LogP contribution in [-0.4, -0.2) is 65.8 Å². The summed E-state index contributed by atoms with van der Waals surface area (Å²) < 4.78 is 21.0. The Morgan fingerprint density at radius 1 is 0.773 bits per heavy atom. The molecule has 0 aliphatic rings. The molecule has 22 heavy (non-hydrogen) atoms. The van der Waals surface area contributed by atoms with E-state index in [0.717, 1.165) is 18.9 Å². The number of ether oxygens (including phenoxy) is 4. The average Bonchev–Trinajstić information content (AvgIpc) is 2.47. The maximum atomic E-state index is 9.91. The normalized spacial score (nSPS) is 10.2. The molecule has 0 fully saturated rings. The molecule has 0 bridgehead atoms. The first-order chi connectivity index (χ1) is 10.6. The van der Waals surface area contributed by atoms with Gasteiger partial charge < -0.3 is 24.3 Å². The van der Waals surface area contributed by atoms with Gasteiger partial charge in [0.2, 0.25) is 6.41 Å². The molecule has 0 rings (SSSR count). The molecule has 0 aromatic rings. The van der Waals surface area contributed by atoms with Crippen molar-refractivity contribution in [1.29, 1.82) is 0 Å². The third-order valence-corrected chi connectivity index (χ3v) is 1.94. The lowest BCUT2D eigenvalue weighted by atomic mass is 10.3. The van der Waals surface area contributed by atoms with Crippen LogP contribution in [0.5, 0.6) is 0 Å². The van der Waals surface area contributed by atoms with Crippen LogP contribution in [0.25, 0.3) is 0 Å². The van der Waals surface area contributed by atoms with E-state index >= 15 is 0 Å². The first-order valence-electron chi connectivity index (χ1n) is 8.13. The van der Waals surface area contributed by atoms with Crippen molar-refractivity contribution in [2.75, 3.05) is 59.4 Å². The largest absolute Gasteiger partial charge is 0.379 e. The molecule has 0 saturated heterocycles. The Labute approximate surface area is 135 Å². The standard InChI is InChI=1S/C12H25NO5.C4H10/c1-2-4-15-6-8-17-10-11-18-9-7-16-5-3-13-12-14;1-4(2)3/h12H,2-11H2,1H3,(H,13,14);4H,1-3H3. The van der Waals surface area contributed by atoms with E-state index in [-0.39, 0.29) is 0 Å². The summed E-state index contributed by atoms with van der Waals surface area (Å²) in [5, 5.41) is 2.51. The smallest absolute Gasteiger partial charge is 0.207 e. The van der Waals surface area contributed by atoms with Gasteiger partial charge in [-0.25, -0.2) is 0 Å². The molecule has 6 nitrogen and oxygen atoms in total. The van der Waals surface area contributed by atoms with Gasteiger partial charge in [0, 0.05) is 13.2 Å². The minimum Gasteiger partial charge on any atom is -0.379 e. The Hall–Kier alpha value is -0.690. The van der Waals surface area contributed by atoms with Crippen LogP contribution in [0.15, 0.2) is 0 Å². The van der Waals surface area contributed by atoms with Crippen molar-refractivity contribution in [2.45, 2.75) is 34.1 Å². The summed E-state index contributed by atoms with van der Waals surface area (Å²) in [7, 11) is 0. The van der Waals surface area contributed by atoms with Crippen molar-refractivity contribution < 1.29 is 23.7 Å². The minimum atomic E-state index is 0.507. The van der Waals surface area contributed by atoms with Crippen molar-refractivity contribution in [3.8, 4) is 0 Å². The predicted molar refractivity (Wildman–Crippen MR) is 88.1 cm³/mol. The third-order valence-electron chi connectivity index (χ3n) is 1.94. The van der Waals surface area contributed by atoms with E-state index in [1.807, 2.05) is 0 Å². The van der Waals surface area contributed by atoms with Gasteiger partial charge >= 0.3 is 0 Å². The highest BCUT2D eigenvalue weighted by Gasteiger charge is 1.92. The maximum absolute atomic E-state index is 9.91. The number of carbonyl (C=O) groups is 1. The van der Waals surface area contributed by atoms with E-state index in [4.69, 9.17) is 18.9 Å². The van der Waals surface area contributed by atoms with Gasteiger partial charge in [-0.05, 0) is 12.3 Å². The summed E-state index contributed by atoms with van der Waals surface area (Å²) in [6.45, 7) is 13.8. The maximum Gasteiger partial charge on any atom is 0.207 e. The fourth-order valence-corrected chi connectivity index (χ4v) is 1.10. The van der Waals surface area contributed by atoms with Crippen LogP contribution in [0, 0.1) is 5.92 Å². The molecule has 0 atom stereocenters. The minimum absolute atomic E-state index is 0.507. The fraction of sp³-hybridized carbons (Fsp3) is 0.938. The second-order valence-corrected chi connectivity index (χ2v) is 5.25. The van der Waals surface area contributed by atoms with Crippen molar-refractivity contribution in [3.05, 3.63) is 0 Å². The average molecular weight is 321 g/mol. The van der Waals surface area contributed by atoms with E-state index in [2.05, 4.69) is 33.0 Å². The van der Waals surface area contributed by atoms with Gasteiger partial charge in [0.05, 0.1) is 46.2 Å². The number of rotatable bonds is 15. The molecule has 0 spiro atoms. The van der Waals surface area contributed by atoms with Gasteiger partial charge in [0.15, 0.2) is 0 Å². The highest BCUT2D eigenvalue weighted by Crippen LogP contribution is 1.84. The summed E-state index contributed by atoms with van der Waals surface area (Å²) >= 11 is 0. The van der Waals surface area contributed by atoms with E-state index in [9.17, 15) is 4.79 Å². The molecule has 6 heteroatoms. The first-order valence-corrected chi connectivity index (χ1v) is 8.13. The third kappa shape index (κ3) is 31.6. The van der Waals surface area contributed by atoms with Crippen LogP contribution < -0.4 is 5.32 Å². The van der Waals surface area contributed by atoms with Crippen molar-refractivity contribution in [2.24, 2.45) is 5.92 Å². The lowest BCUT2D eigenvalue weighted by Crippen LogP contribution is -2.19. The Morgan fingerprint density at radius 3 is 1.50 bits per heavy atom.